The molecule has 0 saturated heterocycles. The summed E-state index contributed by atoms with van der Waals surface area (Å²) in [5, 5.41) is 0. The van der Waals surface area contributed by atoms with Crippen molar-refractivity contribution in [2.24, 2.45) is 5.73 Å². The molecule has 4 heteroatoms. The Bertz CT molecular complexity index is 756. The molecule has 2 N–H and O–H groups in total. The fourth-order valence-corrected chi connectivity index (χ4v) is 3.46. The van der Waals surface area contributed by atoms with Gasteiger partial charge in [0.1, 0.15) is 0 Å². The Morgan fingerprint density at radius 2 is 1.57 bits per heavy atom. The maximum atomic E-state index is 11.7. The van der Waals surface area contributed by atoms with Crippen LogP contribution in [0.25, 0.3) is 0 Å². The molecule has 0 radical (unpaired) electrons. The van der Waals surface area contributed by atoms with Gasteiger partial charge in [0, 0.05) is 6.26 Å². The number of nitrogens with two attached hydrogens (primary N) is 1. The monoisotopic (exact) mass is 303 g/mol. The van der Waals surface area contributed by atoms with Crippen LogP contribution in [0.5, 0.6) is 0 Å². The molecule has 0 aliphatic carbocycles. The van der Waals surface area contributed by atoms with Gasteiger partial charge in [-0.25, -0.2) is 8.42 Å². The van der Waals surface area contributed by atoms with E-state index in [1.54, 1.807) is 18.2 Å². The summed E-state index contributed by atoms with van der Waals surface area (Å²) in [6.45, 7) is 6.13. The molecular weight excluding hydrogens is 282 g/mol. The maximum Gasteiger partial charge on any atom is 0.175 e. The zero-order chi connectivity index (χ0) is 15.8. The van der Waals surface area contributed by atoms with E-state index in [1.165, 1.54) is 11.8 Å². The minimum Gasteiger partial charge on any atom is -0.320 e. The predicted octanol–water partition coefficient (Wildman–Crippen LogP) is 3.06. The van der Waals surface area contributed by atoms with Crippen molar-refractivity contribution in [3.63, 3.8) is 0 Å². The maximum absolute atomic E-state index is 11.7. The van der Waals surface area contributed by atoms with Gasteiger partial charge < -0.3 is 5.73 Å². The molecule has 21 heavy (non-hydrogen) atoms. The second kappa shape index (κ2) is 5.62. The van der Waals surface area contributed by atoms with Crippen LogP contribution in [0.1, 0.15) is 33.9 Å². The van der Waals surface area contributed by atoms with Gasteiger partial charge in [-0.1, -0.05) is 29.8 Å². The van der Waals surface area contributed by atoms with E-state index in [0.29, 0.717) is 4.90 Å². The molecule has 0 aliphatic rings. The van der Waals surface area contributed by atoms with Crippen LogP contribution >= 0.6 is 0 Å². The van der Waals surface area contributed by atoms with Gasteiger partial charge in [0.25, 0.3) is 0 Å². The first-order chi connectivity index (χ1) is 9.70. The average Bonchev–Trinajstić information content (AvgIpc) is 2.36. The first kappa shape index (κ1) is 15.7. The third-order valence-electron chi connectivity index (χ3n) is 3.69. The number of benzene rings is 2. The molecule has 0 saturated carbocycles. The molecule has 0 aliphatic heterocycles. The lowest BCUT2D eigenvalue weighted by Gasteiger charge is -2.19. The Hall–Kier alpha value is -1.65. The van der Waals surface area contributed by atoms with Crippen LogP contribution in [0.15, 0.2) is 41.3 Å². The van der Waals surface area contributed by atoms with Crippen LogP contribution in [0, 0.1) is 20.8 Å². The van der Waals surface area contributed by atoms with Crippen molar-refractivity contribution in [2.45, 2.75) is 31.7 Å². The van der Waals surface area contributed by atoms with E-state index in [9.17, 15) is 8.42 Å². The lowest BCUT2D eigenvalue weighted by atomic mass is 9.90. The predicted molar refractivity (Wildman–Crippen MR) is 86.2 cm³/mol. The largest absolute Gasteiger partial charge is 0.320 e. The normalized spacial score (nSPS) is 13.2. The Labute approximate surface area is 126 Å². The van der Waals surface area contributed by atoms with Crippen molar-refractivity contribution in [3.8, 4) is 0 Å². The summed E-state index contributed by atoms with van der Waals surface area (Å²) >= 11 is 0. The summed E-state index contributed by atoms with van der Waals surface area (Å²) in [5.74, 6) is 0. The van der Waals surface area contributed by atoms with E-state index in [1.807, 2.05) is 19.9 Å². The van der Waals surface area contributed by atoms with Gasteiger partial charge in [-0.05, 0) is 55.2 Å². The highest BCUT2D eigenvalue weighted by Gasteiger charge is 2.16. The van der Waals surface area contributed by atoms with Crippen molar-refractivity contribution in [1.82, 2.24) is 0 Å². The Balaban J connectivity index is 2.53. The Morgan fingerprint density at radius 1 is 1.00 bits per heavy atom. The second-order valence-electron chi connectivity index (χ2n) is 5.63. The van der Waals surface area contributed by atoms with E-state index < -0.39 is 9.84 Å². The van der Waals surface area contributed by atoms with Gasteiger partial charge in [0.15, 0.2) is 9.84 Å². The fourth-order valence-electron chi connectivity index (χ4n) is 2.79. The number of hydrogen-bond acceptors (Lipinski definition) is 3. The van der Waals surface area contributed by atoms with Gasteiger partial charge in [-0.15, -0.1) is 0 Å². The summed E-state index contributed by atoms with van der Waals surface area (Å²) in [6, 6.07) is 10.7. The van der Waals surface area contributed by atoms with Gasteiger partial charge in [-0.2, -0.15) is 0 Å². The van der Waals surface area contributed by atoms with Gasteiger partial charge in [-0.3, -0.25) is 0 Å². The molecule has 1 atom stereocenters. The molecule has 0 fully saturated rings. The molecule has 0 heterocycles. The quantitative estimate of drug-likeness (QED) is 0.948. The molecule has 0 aromatic heterocycles. The molecule has 1 unspecified atom stereocenters. The van der Waals surface area contributed by atoms with E-state index in [2.05, 4.69) is 19.1 Å². The van der Waals surface area contributed by atoms with Crippen molar-refractivity contribution in [1.29, 1.82) is 0 Å². The van der Waals surface area contributed by atoms with E-state index in [0.717, 1.165) is 22.3 Å². The first-order valence-corrected chi connectivity index (χ1v) is 8.72. The van der Waals surface area contributed by atoms with E-state index in [-0.39, 0.29) is 6.04 Å². The number of sulfone groups is 1. The smallest absolute Gasteiger partial charge is 0.175 e. The lowest BCUT2D eigenvalue weighted by Crippen LogP contribution is -2.15. The molecule has 0 bridgehead atoms. The minimum absolute atomic E-state index is 0.304. The third kappa shape index (κ3) is 3.34. The zero-order valence-electron chi connectivity index (χ0n) is 12.8. The molecule has 0 spiro atoms. The lowest BCUT2D eigenvalue weighted by molar-refractivity contribution is 0.601. The van der Waals surface area contributed by atoms with Crippen molar-refractivity contribution in [2.75, 3.05) is 6.26 Å². The van der Waals surface area contributed by atoms with E-state index in [4.69, 9.17) is 5.73 Å². The van der Waals surface area contributed by atoms with Crippen LogP contribution in [-0.2, 0) is 9.84 Å². The average molecular weight is 303 g/mol. The van der Waals surface area contributed by atoms with Crippen molar-refractivity contribution in [3.05, 3.63) is 64.2 Å². The molecule has 2 aromatic rings. The first-order valence-electron chi connectivity index (χ1n) is 6.83. The summed E-state index contributed by atoms with van der Waals surface area (Å²) in [5.41, 5.74) is 11.7. The summed E-state index contributed by atoms with van der Waals surface area (Å²) in [7, 11) is -3.22. The number of rotatable bonds is 3. The Morgan fingerprint density at radius 3 is 2.10 bits per heavy atom. The molecule has 2 aromatic carbocycles. The SMILES string of the molecule is Cc1cc(C)c(C(N)c2cccc(S(C)(=O)=O)c2)c(C)c1. The molecule has 0 amide bonds. The van der Waals surface area contributed by atoms with Gasteiger partial charge >= 0.3 is 0 Å². The summed E-state index contributed by atoms with van der Waals surface area (Å²) < 4.78 is 23.4. The second-order valence-corrected chi connectivity index (χ2v) is 7.65. The third-order valence-corrected chi connectivity index (χ3v) is 4.80. The highest BCUT2D eigenvalue weighted by molar-refractivity contribution is 7.90. The van der Waals surface area contributed by atoms with Crippen LogP contribution in [0.2, 0.25) is 0 Å². The highest BCUT2D eigenvalue weighted by Crippen LogP contribution is 2.28. The minimum atomic E-state index is -3.22. The highest BCUT2D eigenvalue weighted by atomic mass is 32.2. The van der Waals surface area contributed by atoms with Crippen LogP contribution in [-0.4, -0.2) is 14.7 Å². The number of hydrogen-bond donors (Lipinski definition) is 1. The van der Waals surface area contributed by atoms with E-state index >= 15 is 0 Å². The fraction of sp³-hybridized carbons (Fsp3) is 0.294. The standard InChI is InChI=1S/C17H21NO2S/c1-11-8-12(2)16(13(3)9-11)17(18)14-6-5-7-15(10-14)21(4,19)20/h5-10,17H,18H2,1-4H3. The van der Waals surface area contributed by atoms with Gasteiger partial charge in [0.05, 0.1) is 10.9 Å². The van der Waals surface area contributed by atoms with Crippen molar-refractivity contribution >= 4 is 9.84 Å². The molecule has 2 rings (SSSR count). The van der Waals surface area contributed by atoms with Crippen molar-refractivity contribution < 1.29 is 8.42 Å². The molecular formula is C17H21NO2S. The topological polar surface area (TPSA) is 60.2 Å². The number of aryl methyl sites for hydroxylation is 3. The van der Waals surface area contributed by atoms with Crippen LogP contribution < -0.4 is 5.73 Å². The molecule has 3 nitrogen and oxygen atoms in total. The Kier molecular flexibility index (Phi) is 4.21. The summed E-state index contributed by atoms with van der Waals surface area (Å²) in [6.07, 6.45) is 1.21. The van der Waals surface area contributed by atoms with Crippen LogP contribution in [0.3, 0.4) is 0 Å². The van der Waals surface area contributed by atoms with Crippen LogP contribution in [0.4, 0.5) is 0 Å². The van der Waals surface area contributed by atoms with Gasteiger partial charge in [0.2, 0.25) is 0 Å². The molecule has 112 valence electrons. The summed E-state index contributed by atoms with van der Waals surface area (Å²) in [4.78, 5) is 0.304. The zero-order valence-corrected chi connectivity index (χ0v) is 13.7.